The van der Waals surface area contributed by atoms with Crippen LogP contribution in [-0.4, -0.2) is 25.5 Å². The Bertz CT molecular complexity index is 1140. The van der Waals surface area contributed by atoms with Crippen LogP contribution in [0.15, 0.2) is 60.8 Å². The van der Waals surface area contributed by atoms with Gasteiger partial charge in [0.15, 0.2) is 0 Å². The topological polar surface area (TPSA) is 81.4 Å². The lowest BCUT2D eigenvalue weighted by molar-refractivity contribution is 0.101. The Morgan fingerprint density at radius 2 is 2.00 bits per heavy atom. The van der Waals surface area contributed by atoms with Gasteiger partial charge in [-0.2, -0.15) is 4.98 Å². The number of hydrogen-bond acceptors (Lipinski definition) is 5. The Kier molecular flexibility index (Phi) is 4.67. The van der Waals surface area contributed by atoms with Gasteiger partial charge in [0, 0.05) is 23.6 Å². The minimum absolute atomic E-state index is 0.0273. The molecule has 0 aliphatic heterocycles. The number of aryl methyl sites for hydroxylation is 1. The molecule has 0 bridgehead atoms. The number of aromatic nitrogens is 4. The van der Waals surface area contributed by atoms with E-state index in [-0.39, 0.29) is 18.2 Å². The van der Waals surface area contributed by atoms with E-state index in [9.17, 15) is 9.18 Å². The highest BCUT2D eigenvalue weighted by Gasteiger charge is 2.14. The van der Waals surface area contributed by atoms with E-state index in [1.807, 2.05) is 6.92 Å². The number of ether oxygens (including phenoxy) is 1. The molecular formula is C20H16FN5O2. The fourth-order valence-corrected chi connectivity index (χ4v) is 2.60. The summed E-state index contributed by atoms with van der Waals surface area (Å²) in [6, 6.07) is 14.8. The molecule has 2 aromatic carbocycles. The maximum atomic E-state index is 13.0. The molecule has 0 spiro atoms. The SMILES string of the molecule is Cc1ccnc2nc(C(=O)Nc3cccc(OCc4ccc(F)cc4)c3)nn12. The molecule has 2 heterocycles. The van der Waals surface area contributed by atoms with Gasteiger partial charge in [-0.1, -0.05) is 18.2 Å². The highest BCUT2D eigenvalue weighted by atomic mass is 19.1. The Morgan fingerprint density at radius 1 is 1.18 bits per heavy atom. The zero-order valence-electron chi connectivity index (χ0n) is 15.0. The fourth-order valence-electron chi connectivity index (χ4n) is 2.60. The van der Waals surface area contributed by atoms with Crippen molar-refractivity contribution in [2.45, 2.75) is 13.5 Å². The first kappa shape index (κ1) is 17.6. The van der Waals surface area contributed by atoms with E-state index in [2.05, 4.69) is 20.4 Å². The molecule has 0 saturated heterocycles. The minimum Gasteiger partial charge on any atom is -0.489 e. The molecule has 0 aliphatic carbocycles. The third-order valence-electron chi connectivity index (χ3n) is 4.04. The molecule has 2 aromatic heterocycles. The summed E-state index contributed by atoms with van der Waals surface area (Å²) in [7, 11) is 0. The smallest absolute Gasteiger partial charge is 0.295 e. The summed E-state index contributed by atoms with van der Waals surface area (Å²) in [5.41, 5.74) is 2.21. The van der Waals surface area contributed by atoms with Gasteiger partial charge in [-0.3, -0.25) is 4.79 Å². The summed E-state index contributed by atoms with van der Waals surface area (Å²) in [6.45, 7) is 2.14. The highest BCUT2D eigenvalue weighted by Crippen LogP contribution is 2.19. The van der Waals surface area contributed by atoms with Crippen molar-refractivity contribution in [3.8, 4) is 5.75 Å². The normalized spacial score (nSPS) is 10.8. The molecule has 0 fully saturated rings. The summed E-state index contributed by atoms with van der Waals surface area (Å²) >= 11 is 0. The molecule has 1 N–H and O–H groups in total. The lowest BCUT2D eigenvalue weighted by atomic mass is 10.2. The molecule has 0 saturated carbocycles. The zero-order chi connectivity index (χ0) is 19.5. The van der Waals surface area contributed by atoms with Gasteiger partial charge in [-0.05, 0) is 42.8 Å². The summed E-state index contributed by atoms with van der Waals surface area (Å²) in [6.07, 6.45) is 1.61. The molecule has 0 aliphatic rings. The molecule has 1 amide bonds. The van der Waals surface area contributed by atoms with Crippen molar-refractivity contribution >= 4 is 17.4 Å². The Balaban J connectivity index is 1.45. The number of amides is 1. The van der Waals surface area contributed by atoms with Crippen molar-refractivity contribution in [1.29, 1.82) is 0 Å². The fraction of sp³-hybridized carbons (Fsp3) is 0.100. The molecule has 8 heteroatoms. The number of nitrogens with one attached hydrogen (secondary N) is 1. The van der Waals surface area contributed by atoms with E-state index in [1.54, 1.807) is 48.7 Å². The van der Waals surface area contributed by atoms with Crippen LogP contribution in [0.2, 0.25) is 0 Å². The average molecular weight is 377 g/mol. The lowest BCUT2D eigenvalue weighted by Crippen LogP contribution is -2.14. The molecule has 7 nitrogen and oxygen atoms in total. The van der Waals surface area contributed by atoms with Crippen molar-refractivity contribution in [2.24, 2.45) is 0 Å². The monoisotopic (exact) mass is 377 g/mol. The second kappa shape index (κ2) is 7.43. The summed E-state index contributed by atoms with van der Waals surface area (Å²) in [5.74, 6) is 0.226. The number of carbonyl (C=O) groups excluding carboxylic acids is 1. The van der Waals surface area contributed by atoms with Gasteiger partial charge in [-0.25, -0.2) is 13.9 Å². The molecule has 4 aromatic rings. The predicted molar refractivity (Wildman–Crippen MR) is 101 cm³/mol. The molecule has 0 radical (unpaired) electrons. The highest BCUT2D eigenvalue weighted by molar-refractivity contribution is 6.01. The molecule has 0 unspecified atom stereocenters. The van der Waals surface area contributed by atoms with Gasteiger partial charge in [0.05, 0.1) is 0 Å². The first-order valence-corrected chi connectivity index (χ1v) is 8.55. The van der Waals surface area contributed by atoms with E-state index < -0.39 is 5.91 Å². The third-order valence-corrected chi connectivity index (χ3v) is 4.04. The van der Waals surface area contributed by atoms with Crippen molar-refractivity contribution in [3.63, 3.8) is 0 Å². The Labute approximate surface area is 159 Å². The molecular weight excluding hydrogens is 361 g/mol. The number of nitrogens with zero attached hydrogens (tertiary/aromatic N) is 4. The second-order valence-electron chi connectivity index (χ2n) is 6.13. The lowest BCUT2D eigenvalue weighted by Gasteiger charge is -2.08. The number of carbonyl (C=O) groups is 1. The van der Waals surface area contributed by atoms with Crippen LogP contribution in [0, 0.1) is 12.7 Å². The standard InChI is InChI=1S/C20H16FN5O2/c1-13-9-10-22-20-24-18(25-26(13)20)19(27)23-16-3-2-4-17(11-16)28-12-14-5-7-15(21)8-6-14/h2-11H,12H2,1H3,(H,23,27). The molecule has 140 valence electrons. The first-order chi connectivity index (χ1) is 13.6. The number of benzene rings is 2. The maximum absolute atomic E-state index is 13.0. The van der Waals surface area contributed by atoms with Crippen molar-refractivity contribution in [3.05, 3.63) is 83.7 Å². The van der Waals surface area contributed by atoms with E-state index in [1.165, 1.54) is 16.6 Å². The van der Waals surface area contributed by atoms with Crippen LogP contribution >= 0.6 is 0 Å². The van der Waals surface area contributed by atoms with Gasteiger partial charge in [0.2, 0.25) is 5.82 Å². The van der Waals surface area contributed by atoms with Crippen LogP contribution < -0.4 is 10.1 Å². The van der Waals surface area contributed by atoms with Crippen LogP contribution in [0.4, 0.5) is 10.1 Å². The molecule has 28 heavy (non-hydrogen) atoms. The van der Waals surface area contributed by atoms with Gasteiger partial charge < -0.3 is 10.1 Å². The van der Waals surface area contributed by atoms with Gasteiger partial charge in [0.25, 0.3) is 11.7 Å². The van der Waals surface area contributed by atoms with Crippen molar-refractivity contribution < 1.29 is 13.9 Å². The van der Waals surface area contributed by atoms with Gasteiger partial charge in [-0.15, -0.1) is 5.10 Å². The van der Waals surface area contributed by atoms with E-state index in [0.717, 1.165) is 11.3 Å². The predicted octanol–water partition coefficient (Wildman–Crippen LogP) is 3.40. The number of halogens is 1. The Hall–Kier alpha value is -3.81. The molecule has 4 rings (SSSR count). The van der Waals surface area contributed by atoms with Crippen LogP contribution in [0.3, 0.4) is 0 Å². The van der Waals surface area contributed by atoms with E-state index >= 15 is 0 Å². The largest absolute Gasteiger partial charge is 0.489 e. The third kappa shape index (κ3) is 3.80. The van der Waals surface area contributed by atoms with Crippen LogP contribution in [-0.2, 0) is 6.61 Å². The summed E-state index contributed by atoms with van der Waals surface area (Å²) in [5, 5.41) is 6.93. The number of fused-ring (bicyclic) bond motifs is 1. The van der Waals surface area contributed by atoms with Crippen LogP contribution in [0.25, 0.3) is 5.78 Å². The van der Waals surface area contributed by atoms with Crippen LogP contribution in [0.1, 0.15) is 21.9 Å². The maximum Gasteiger partial charge on any atom is 0.295 e. The quantitative estimate of drug-likeness (QED) is 0.576. The minimum atomic E-state index is -0.444. The zero-order valence-corrected chi connectivity index (χ0v) is 15.0. The van der Waals surface area contributed by atoms with Crippen molar-refractivity contribution in [2.75, 3.05) is 5.32 Å². The Morgan fingerprint density at radius 3 is 2.79 bits per heavy atom. The summed E-state index contributed by atoms with van der Waals surface area (Å²) < 4.78 is 20.2. The first-order valence-electron chi connectivity index (χ1n) is 8.55. The average Bonchev–Trinajstić information content (AvgIpc) is 3.14. The molecule has 0 atom stereocenters. The van der Waals surface area contributed by atoms with E-state index in [0.29, 0.717) is 17.2 Å². The second-order valence-corrected chi connectivity index (χ2v) is 6.13. The van der Waals surface area contributed by atoms with Gasteiger partial charge >= 0.3 is 0 Å². The van der Waals surface area contributed by atoms with Gasteiger partial charge in [0.1, 0.15) is 18.2 Å². The summed E-state index contributed by atoms with van der Waals surface area (Å²) in [4.78, 5) is 20.7. The number of rotatable bonds is 5. The van der Waals surface area contributed by atoms with Crippen LogP contribution in [0.5, 0.6) is 5.75 Å². The van der Waals surface area contributed by atoms with Crippen molar-refractivity contribution in [1.82, 2.24) is 19.6 Å². The number of anilines is 1. The number of hydrogen-bond donors (Lipinski definition) is 1. The van der Waals surface area contributed by atoms with E-state index in [4.69, 9.17) is 4.74 Å².